The van der Waals surface area contributed by atoms with Crippen molar-refractivity contribution in [2.75, 3.05) is 13.2 Å². The Morgan fingerprint density at radius 3 is 2.83 bits per heavy atom. The number of aliphatic hydroxyl groups excluding tert-OH is 1. The first-order valence-corrected chi connectivity index (χ1v) is 7.44. The van der Waals surface area contributed by atoms with Crippen molar-refractivity contribution in [3.8, 4) is 5.75 Å². The van der Waals surface area contributed by atoms with Crippen molar-refractivity contribution in [3.63, 3.8) is 0 Å². The Bertz CT molecular complexity index is 693. The second kappa shape index (κ2) is 7.94. The highest BCUT2D eigenvalue weighted by atomic mass is 35.5. The van der Waals surface area contributed by atoms with Crippen LogP contribution in [0.25, 0.3) is 0 Å². The molecule has 0 saturated heterocycles. The van der Waals surface area contributed by atoms with Crippen LogP contribution in [-0.2, 0) is 0 Å². The van der Waals surface area contributed by atoms with E-state index < -0.39 is 17.8 Å². The summed E-state index contributed by atoms with van der Waals surface area (Å²) >= 11 is 5.81. The molecule has 0 aromatic heterocycles. The lowest BCUT2D eigenvalue weighted by Crippen LogP contribution is -2.35. The van der Waals surface area contributed by atoms with Crippen LogP contribution in [0.5, 0.6) is 5.75 Å². The number of nitrogens with one attached hydrogen (secondary N) is 1. The molecule has 4 nitrogen and oxygen atoms in total. The summed E-state index contributed by atoms with van der Waals surface area (Å²) in [4.78, 5) is 11.9. The molecule has 2 aromatic carbocycles. The molecule has 2 N–H and O–H groups in total. The van der Waals surface area contributed by atoms with Crippen molar-refractivity contribution in [2.24, 2.45) is 0 Å². The fraction of sp³-hybridized carbons (Fsp3) is 0.235. The van der Waals surface area contributed by atoms with E-state index in [9.17, 15) is 14.3 Å². The Balaban J connectivity index is 1.81. The van der Waals surface area contributed by atoms with Gasteiger partial charge in [-0.1, -0.05) is 23.7 Å². The highest BCUT2D eigenvalue weighted by Crippen LogP contribution is 2.17. The predicted octanol–water partition coefficient (Wildman–Crippen LogP) is 2.96. The molecule has 0 fully saturated rings. The van der Waals surface area contributed by atoms with Crippen molar-refractivity contribution >= 4 is 17.5 Å². The fourth-order valence-electron chi connectivity index (χ4n) is 1.94. The van der Waals surface area contributed by atoms with Gasteiger partial charge in [-0.3, -0.25) is 4.79 Å². The Kier molecular flexibility index (Phi) is 5.96. The van der Waals surface area contributed by atoms with Crippen molar-refractivity contribution in [3.05, 3.63) is 64.4 Å². The highest BCUT2D eigenvalue weighted by molar-refractivity contribution is 6.33. The first-order valence-electron chi connectivity index (χ1n) is 7.06. The maximum absolute atomic E-state index is 12.9. The number of aliphatic hydroxyl groups is 1. The average molecular weight is 338 g/mol. The van der Waals surface area contributed by atoms with Crippen LogP contribution in [0.15, 0.2) is 42.5 Å². The van der Waals surface area contributed by atoms with E-state index in [2.05, 4.69) is 5.32 Å². The van der Waals surface area contributed by atoms with E-state index in [-0.39, 0.29) is 23.7 Å². The number of carbonyl (C=O) groups excluding carboxylic acids is 1. The van der Waals surface area contributed by atoms with Gasteiger partial charge in [-0.2, -0.15) is 0 Å². The molecule has 0 saturated carbocycles. The zero-order valence-electron chi connectivity index (χ0n) is 12.6. The Morgan fingerprint density at radius 1 is 1.35 bits per heavy atom. The molecule has 2 aromatic rings. The summed E-state index contributed by atoms with van der Waals surface area (Å²) < 4.78 is 18.4. The minimum absolute atomic E-state index is 0.00163. The molecule has 122 valence electrons. The topological polar surface area (TPSA) is 58.6 Å². The second-order valence-electron chi connectivity index (χ2n) is 5.12. The Hall–Kier alpha value is -2.11. The summed E-state index contributed by atoms with van der Waals surface area (Å²) in [6.45, 7) is 1.98. The van der Waals surface area contributed by atoms with Crippen LogP contribution in [0, 0.1) is 12.7 Å². The quantitative estimate of drug-likeness (QED) is 0.852. The van der Waals surface area contributed by atoms with Crippen molar-refractivity contribution in [1.29, 1.82) is 0 Å². The van der Waals surface area contributed by atoms with Crippen LogP contribution in [0.1, 0.15) is 15.9 Å². The van der Waals surface area contributed by atoms with Gasteiger partial charge in [0.25, 0.3) is 5.91 Å². The molecule has 0 aliphatic rings. The number of hydrogen-bond acceptors (Lipinski definition) is 3. The smallest absolute Gasteiger partial charge is 0.252 e. The largest absolute Gasteiger partial charge is 0.491 e. The molecule has 0 bridgehead atoms. The number of carbonyl (C=O) groups is 1. The van der Waals surface area contributed by atoms with Crippen LogP contribution in [0.2, 0.25) is 5.02 Å². The molecule has 0 unspecified atom stereocenters. The first-order chi connectivity index (χ1) is 11.0. The van der Waals surface area contributed by atoms with E-state index in [4.69, 9.17) is 16.3 Å². The molecule has 0 aliphatic heterocycles. The normalized spacial score (nSPS) is 11.8. The van der Waals surface area contributed by atoms with Crippen LogP contribution in [0.4, 0.5) is 4.39 Å². The summed E-state index contributed by atoms with van der Waals surface area (Å²) in [5.74, 6) is -0.347. The van der Waals surface area contributed by atoms with Gasteiger partial charge >= 0.3 is 0 Å². The van der Waals surface area contributed by atoms with E-state index in [1.807, 2.05) is 25.1 Å². The molecule has 23 heavy (non-hydrogen) atoms. The number of hydrogen-bond donors (Lipinski definition) is 2. The van der Waals surface area contributed by atoms with Gasteiger partial charge in [-0.15, -0.1) is 0 Å². The number of amides is 1. The summed E-state index contributed by atoms with van der Waals surface area (Å²) in [7, 11) is 0. The second-order valence-corrected chi connectivity index (χ2v) is 5.52. The Morgan fingerprint density at radius 2 is 2.13 bits per heavy atom. The molecular formula is C17H17ClFNO3. The zero-order chi connectivity index (χ0) is 16.8. The van der Waals surface area contributed by atoms with Gasteiger partial charge in [-0.25, -0.2) is 4.39 Å². The van der Waals surface area contributed by atoms with Crippen LogP contribution >= 0.6 is 11.6 Å². The molecule has 0 spiro atoms. The van der Waals surface area contributed by atoms with Gasteiger partial charge in [0.05, 0.1) is 10.6 Å². The third kappa shape index (κ3) is 5.23. The maximum atomic E-state index is 12.9. The number of rotatable bonds is 6. The summed E-state index contributed by atoms with van der Waals surface area (Å²) in [5, 5.41) is 12.4. The molecule has 6 heteroatoms. The van der Waals surface area contributed by atoms with Crippen LogP contribution in [-0.4, -0.2) is 30.3 Å². The highest BCUT2D eigenvalue weighted by Gasteiger charge is 2.13. The summed E-state index contributed by atoms with van der Waals surface area (Å²) in [5.41, 5.74) is 1.20. The fourth-order valence-corrected chi connectivity index (χ4v) is 2.19. The molecule has 2 rings (SSSR count). The van der Waals surface area contributed by atoms with Gasteiger partial charge in [-0.05, 0) is 42.8 Å². The van der Waals surface area contributed by atoms with Crippen molar-refractivity contribution in [1.82, 2.24) is 5.32 Å². The van der Waals surface area contributed by atoms with E-state index in [0.717, 1.165) is 17.7 Å². The third-order valence-corrected chi connectivity index (χ3v) is 3.42. The standard InChI is InChI=1S/C17H17ClFNO3/c1-11-3-2-4-14(7-11)23-10-13(21)9-20-17(22)15-6-5-12(19)8-16(15)18/h2-8,13,21H,9-10H2,1H3,(H,20,22)/t13-/m0/s1. The van der Waals surface area contributed by atoms with Gasteiger partial charge < -0.3 is 15.2 Å². The van der Waals surface area contributed by atoms with E-state index in [1.165, 1.54) is 6.07 Å². The lowest BCUT2D eigenvalue weighted by molar-refractivity contribution is 0.0844. The van der Waals surface area contributed by atoms with Crippen molar-refractivity contribution in [2.45, 2.75) is 13.0 Å². The lowest BCUT2D eigenvalue weighted by atomic mass is 10.2. The van der Waals surface area contributed by atoms with Crippen molar-refractivity contribution < 1.29 is 19.0 Å². The maximum Gasteiger partial charge on any atom is 0.252 e. The number of ether oxygens (including phenoxy) is 1. The van der Waals surface area contributed by atoms with Gasteiger partial charge in [0.15, 0.2) is 0 Å². The lowest BCUT2D eigenvalue weighted by Gasteiger charge is -2.14. The number of benzene rings is 2. The third-order valence-electron chi connectivity index (χ3n) is 3.11. The summed E-state index contributed by atoms with van der Waals surface area (Å²) in [6, 6.07) is 10.9. The van der Waals surface area contributed by atoms with E-state index in [1.54, 1.807) is 6.07 Å². The first kappa shape index (κ1) is 17.2. The molecule has 1 amide bonds. The molecule has 0 aliphatic carbocycles. The monoisotopic (exact) mass is 337 g/mol. The van der Waals surface area contributed by atoms with Gasteiger partial charge in [0.2, 0.25) is 0 Å². The van der Waals surface area contributed by atoms with E-state index in [0.29, 0.717) is 5.75 Å². The summed E-state index contributed by atoms with van der Waals surface area (Å²) in [6.07, 6.45) is -0.876. The predicted molar refractivity (Wildman–Crippen MR) is 86.4 cm³/mol. The van der Waals surface area contributed by atoms with Crippen LogP contribution in [0.3, 0.4) is 0 Å². The van der Waals surface area contributed by atoms with Gasteiger partial charge in [0, 0.05) is 6.54 Å². The molecule has 1 atom stereocenters. The zero-order valence-corrected chi connectivity index (χ0v) is 13.3. The van der Waals surface area contributed by atoms with Gasteiger partial charge in [0.1, 0.15) is 24.3 Å². The number of halogens is 2. The van der Waals surface area contributed by atoms with E-state index >= 15 is 0 Å². The Labute approximate surface area is 138 Å². The molecule has 0 heterocycles. The minimum Gasteiger partial charge on any atom is -0.491 e. The minimum atomic E-state index is -0.876. The number of aryl methyl sites for hydroxylation is 1. The average Bonchev–Trinajstić information content (AvgIpc) is 2.50. The molecule has 0 radical (unpaired) electrons. The van der Waals surface area contributed by atoms with Crippen LogP contribution < -0.4 is 10.1 Å². The SMILES string of the molecule is Cc1cccc(OC[C@@H](O)CNC(=O)c2ccc(F)cc2Cl)c1. The molecular weight excluding hydrogens is 321 g/mol.